The topological polar surface area (TPSA) is 77.4 Å². The van der Waals surface area contributed by atoms with E-state index in [2.05, 4.69) is 5.16 Å². The lowest BCUT2D eigenvalue weighted by Gasteiger charge is -2.16. The Balaban J connectivity index is 1.72. The molecule has 4 rings (SSSR count). The van der Waals surface area contributed by atoms with Crippen molar-refractivity contribution in [1.82, 2.24) is 0 Å². The van der Waals surface area contributed by atoms with E-state index in [1.165, 1.54) is 26.4 Å². The zero-order chi connectivity index (χ0) is 20.0. The van der Waals surface area contributed by atoms with Crippen LogP contribution in [0.1, 0.15) is 5.56 Å². The summed E-state index contributed by atoms with van der Waals surface area (Å²) in [4.78, 5) is 31.9. The highest BCUT2D eigenvalue weighted by atomic mass is 35.5. The van der Waals surface area contributed by atoms with E-state index in [1.54, 1.807) is 18.2 Å². The van der Waals surface area contributed by atoms with Crippen LogP contribution >= 0.6 is 11.6 Å². The second kappa shape index (κ2) is 6.79. The summed E-state index contributed by atoms with van der Waals surface area (Å²) in [5.41, 5.74) is 0.844. The maximum atomic E-state index is 13.8. The normalized spacial score (nSPS) is 20.7. The van der Waals surface area contributed by atoms with Crippen molar-refractivity contribution in [2.45, 2.75) is 6.10 Å². The van der Waals surface area contributed by atoms with Crippen LogP contribution in [0.2, 0.25) is 5.02 Å². The number of methoxy groups -OCH3 is 2. The lowest BCUT2D eigenvalue weighted by molar-refractivity contribution is -0.126. The van der Waals surface area contributed by atoms with Gasteiger partial charge in [0.15, 0.2) is 0 Å². The van der Waals surface area contributed by atoms with Gasteiger partial charge in [0, 0.05) is 11.6 Å². The van der Waals surface area contributed by atoms with Crippen molar-refractivity contribution in [2.24, 2.45) is 11.1 Å². The number of amides is 2. The van der Waals surface area contributed by atoms with Gasteiger partial charge in [-0.1, -0.05) is 16.8 Å². The Morgan fingerprint density at radius 2 is 1.89 bits per heavy atom. The summed E-state index contributed by atoms with van der Waals surface area (Å²) in [7, 11) is 2.99. The van der Waals surface area contributed by atoms with Crippen LogP contribution in [0, 0.1) is 11.7 Å². The van der Waals surface area contributed by atoms with Gasteiger partial charge in [0.2, 0.25) is 12.0 Å². The highest BCUT2D eigenvalue weighted by Crippen LogP contribution is 2.38. The lowest BCUT2D eigenvalue weighted by atomic mass is 9.93. The monoisotopic (exact) mass is 404 g/mol. The Morgan fingerprint density at radius 3 is 2.57 bits per heavy atom. The molecule has 0 saturated carbocycles. The van der Waals surface area contributed by atoms with Gasteiger partial charge in [-0.25, -0.2) is 9.29 Å². The molecule has 2 aromatic carbocycles. The first-order chi connectivity index (χ1) is 13.5. The van der Waals surface area contributed by atoms with Crippen LogP contribution in [0.15, 0.2) is 41.6 Å². The Morgan fingerprint density at radius 1 is 1.11 bits per heavy atom. The van der Waals surface area contributed by atoms with Crippen LogP contribution in [-0.2, 0) is 14.4 Å². The molecule has 0 aliphatic carbocycles. The molecule has 28 heavy (non-hydrogen) atoms. The Hall–Kier alpha value is -3.13. The molecule has 1 fully saturated rings. The Kier molecular flexibility index (Phi) is 4.43. The highest BCUT2D eigenvalue weighted by molar-refractivity contribution is 6.33. The molecule has 0 spiro atoms. The summed E-state index contributed by atoms with van der Waals surface area (Å²) in [5.74, 6) is -1.91. The zero-order valence-electron chi connectivity index (χ0n) is 14.8. The highest BCUT2D eigenvalue weighted by Gasteiger charge is 2.56. The summed E-state index contributed by atoms with van der Waals surface area (Å²) >= 11 is 5.69. The molecule has 9 heteroatoms. The molecule has 0 radical (unpaired) electrons. The third kappa shape index (κ3) is 2.68. The van der Waals surface area contributed by atoms with E-state index in [9.17, 15) is 14.0 Å². The van der Waals surface area contributed by atoms with E-state index < -0.39 is 29.7 Å². The number of carbonyl (C=O) groups excluding carboxylic acids is 2. The zero-order valence-corrected chi connectivity index (χ0v) is 15.6. The summed E-state index contributed by atoms with van der Waals surface area (Å²) in [5, 5.41) is 3.84. The Labute approximate surface area is 164 Å². The molecule has 2 aliphatic heterocycles. The standard InChI is InChI=1S/C19H14ClFN2O5/c1-26-10-4-5-11(14(8-10)27-2)16-15-17(28-22-16)19(25)23(18(15)24)9-3-6-12(20)13(21)7-9/h3-8,15,17H,1-2H3/t15-,17-/m1/s1. The predicted molar refractivity (Wildman–Crippen MR) is 98.3 cm³/mol. The number of carbonyl (C=O) groups is 2. The largest absolute Gasteiger partial charge is 0.497 e. The minimum absolute atomic E-state index is 0.0796. The minimum atomic E-state index is -1.12. The number of anilines is 1. The third-order valence-electron chi connectivity index (χ3n) is 4.66. The van der Waals surface area contributed by atoms with Gasteiger partial charge in [-0.2, -0.15) is 0 Å². The molecule has 2 atom stereocenters. The van der Waals surface area contributed by atoms with Gasteiger partial charge in [-0.15, -0.1) is 0 Å². The number of halogens is 2. The van der Waals surface area contributed by atoms with Gasteiger partial charge in [0.1, 0.15) is 28.9 Å². The van der Waals surface area contributed by atoms with E-state index in [-0.39, 0.29) is 16.4 Å². The maximum Gasteiger partial charge on any atom is 0.278 e. The average Bonchev–Trinajstić information content (AvgIpc) is 3.24. The van der Waals surface area contributed by atoms with Crippen LogP contribution < -0.4 is 14.4 Å². The number of nitrogens with zero attached hydrogens (tertiary/aromatic N) is 2. The molecule has 144 valence electrons. The molecule has 1 saturated heterocycles. The average molecular weight is 405 g/mol. The van der Waals surface area contributed by atoms with Gasteiger partial charge in [-0.3, -0.25) is 9.59 Å². The quantitative estimate of drug-likeness (QED) is 0.732. The number of hydrogen-bond acceptors (Lipinski definition) is 6. The molecule has 2 aromatic rings. The predicted octanol–water partition coefficient (Wildman–Crippen LogP) is 2.79. The number of fused-ring (bicyclic) bond motifs is 1. The molecule has 0 aromatic heterocycles. The van der Waals surface area contributed by atoms with Crippen molar-refractivity contribution in [3.63, 3.8) is 0 Å². The fourth-order valence-corrected chi connectivity index (χ4v) is 3.41. The van der Waals surface area contributed by atoms with E-state index in [4.69, 9.17) is 25.9 Å². The van der Waals surface area contributed by atoms with E-state index in [0.29, 0.717) is 17.1 Å². The lowest BCUT2D eigenvalue weighted by Crippen LogP contribution is -2.33. The molecular weight excluding hydrogens is 391 g/mol. The van der Waals surface area contributed by atoms with Crippen LogP contribution in [0.4, 0.5) is 10.1 Å². The second-order valence-corrected chi connectivity index (χ2v) is 6.56. The smallest absolute Gasteiger partial charge is 0.278 e. The second-order valence-electron chi connectivity index (χ2n) is 6.16. The van der Waals surface area contributed by atoms with Crippen LogP contribution in [0.25, 0.3) is 0 Å². The summed E-state index contributed by atoms with van der Waals surface area (Å²) < 4.78 is 24.4. The number of ether oxygens (including phenoxy) is 2. The summed E-state index contributed by atoms with van der Waals surface area (Å²) in [6.07, 6.45) is -1.12. The molecule has 0 N–H and O–H groups in total. The van der Waals surface area contributed by atoms with Crippen molar-refractivity contribution >= 4 is 34.8 Å². The summed E-state index contributed by atoms with van der Waals surface area (Å²) in [6.45, 7) is 0. The van der Waals surface area contributed by atoms with Gasteiger partial charge >= 0.3 is 0 Å². The van der Waals surface area contributed by atoms with Crippen LogP contribution in [-0.4, -0.2) is 37.8 Å². The minimum Gasteiger partial charge on any atom is -0.497 e. The van der Waals surface area contributed by atoms with Crippen LogP contribution in [0.3, 0.4) is 0 Å². The van der Waals surface area contributed by atoms with Gasteiger partial charge in [0.25, 0.3) is 5.91 Å². The molecule has 2 aliphatic rings. The van der Waals surface area contributed by atoms with Crippen molar-refractivity contribution in [1.29, 1.82) is 0 Å². The SMILES string of the molecule is COc1ccc(C2=NO[C@H]3C(=O)N(c4ccc(Cl)c(F)c4)C(=O)[C@H]23)c(OC)c1. The van der Waals surface area contributed by atoms with Crippen molar-refractivity contribution in [3.8, 4) is 11.5 Å². The number of oxime groups is 1. The van der Waals surface area contributed by atoms with Gasteiger partial charge in [0.05, 0.1) is 24.9 Å². The number of rotatable bonds is 4. The van der Waals surface area contributed by atoms with E-state index >= 15 is 0 Å². The fourth-order valence-electron chi connectivity index (χ4n) is 3.29. The molecular formula is C19H14ClFN2O5. The first-order valence-electron chi connectivity index (χ1n) is 8.25. The van der Waals surface area contributed by atoms with E-state index in [1.807, 2.05) is 0 Å². The van der Waals surface area contributed by atoms with Crippen molar-refractivity contribution < 1.29 is 28.3 Å². The number of benzene rings is 2. The number of imide groups is 1. The summed E-state index contributed by atoms with van der Waals surface area (Å²) in [6, 6.07) is 8.70. The molecule has 2 heterocycles. The van der Waals surface area contributed by atoms with Gasteiger partial charge in [-0.05, 0) is 30.3 Å². The maximum absolute atomic E-state index is 13.8. The first-order valence-corrected chi connectivity index (χ1v) is 8.63. The molecule has 7 nitrogen and oxygen atoms in total. The third-order valence-corrected chi connectivity index (χ3v) is 4.96. The van der Waals surface area contributed by atoms with E-state index in [0.717, 1.165) is 11.0 Å². The first kappa shape index (κ1) is 18.2. The van der Waals surface area contributed by atoms with Crippen molar-refractivity contribution in [3.05, 3.63) is 52.8 Å². The van der Waals surface area contributed by atoms with Crippen molar-refractivity contribution in [2.75, 3.05) is 19.1 Å². The number of hydrogen-bond donors (Lipinski definition) is 0. The van der Waals surface area contributed by atoms with Crippen LogP contribution in [0.5, 0.6) is 11.5 Å². The van der Waals surface area contributed by atoms with Gasteiger partial charge < -0.3 is 14.3 Å². The fraction of sp³-hybridized carbons (Fsp3) is 0.211. The Bertz CT molecular complexity index is 1030. The molecule has 2 amide bonds. The molecule has 0 unspecified atom stereocenters. The molecule has 0 bridgehead atoms.